The summed E-state index contributed by atoms with van der Waals surface area (Å²) in [6.45, 7) is 4.93. The van der Waals surface area contributed by atoms with Gasteiger partial charge in [0.25, 0.3) is 0 Å². The van der Waals surface area contributed by atoms with E-state index in [1.807, 2.05) is 0 Å². The number of carbonyl (C=O) groups is 1. The first-order valence-corrected chi connectivity index (χ1v) is 5.57. The molecule has 1 rings (SSSR count). The highest BCUT2D eigenvalue weighted by Gasteiger charge is 2.27. The second-order valence-electron chi connectivity index (χ2n) is 4.90. The number of hydrogen-bond donors (Lipinski definition) is 1. The third kappa shape index (κ3) is 3.80. The molecule has 1 saturated heterocycles. The van der Waals surface area contributed by atoms with Crippen molar-refractivity contribution in [3.8, 4) is 0 Å². The van der Waals surface area contributed by atoms with E-state index in [2.05, 4.69) is 0 Å². The van der Waals surface area contributed by atoms with Gasteiger partial charge in [0.1, 0.15) is 0 Å². The number of ether oxygens (including phenoxy) is 1. The van der Waals surface area contributed by atoms with E-state index in [9.17, 15) is 4.79 Å². The lowest BCUT2D eigenvalue weighted by Crippen LogP contribution is -2.51. The minimum absolute atomic E-state index is 0.0309. The van der Waals surface area contributed by atoms with E-state index in [1.54, 1.807) is 25.8 Å². The van der Waals surface area contributed by atoms with Gasteiger partial charge in [-0.25, -0.2) is 0 Å². The maximum absolute atomic E-state index is 11.8. The van der Waals surface area contributed by atoms with Crippen LogP contribution < -0.4 is 5.73 Å². The van der Waals surface area contributed by atoms with E-state index >= 15 is 0 Å². The first-order chi connectivity index (χ1) is 6.91. The number of amides is 1. The molecule has 2 N–H and O–H groups in total. The highest BCUT2D eigenvalue weighted by Crippen LogP contribution is 2.14. The Morgan fingerprint density at radius 1 is 1.53 bits per heavy atom. The predicted molar refractivity (Wildman–Crippen MR) is 59.5 cm³/mol. The molecule has 0 bridgehead atoms. The molecule has 0 aromatic heterocycles. The Hall–Kier alpha value is -0.610. The Kier molecular flexibility index (Phi) is 4.11. The van der Waals surface area contributed by atoms with Crippen LogP contribution in [0.25, 0.3) is 0 Å². The van der Waals surface area contributed by atoms with Crippen molar-refractivity contribution < 1.29 is 9.53 Å². The summed E-state index contributed by atoms with van der Waals surface area (Å²) in [7, 11) is 1.79. The summed E-state index contributed by atoms with van der Waals surface area (Å²) in [5.74, 6) is -0.0309. The van der Waals surface area contributed by atoms with Gasteiger partial charge in [-0.3, -0.25) is 4.79 Å². The van der Waals surface area contributed by atoms with Crippen molar-refractivity contribution >= 4 is 5.91 Å². The monoisotopic (exact) mass is 214 g/mol. The van der Waals surface area contributed by atoms with Crippen molar-refractivity contribution in [2.75, 3.05) is 20.2 Å². The number of carbonyl (C=O) groups excluding carboxylic acids is 1. The highest BCUT2D eigenvalue weighted by molar-refractivity contribution is 5.84. The Morgan fingerprint density at radius 3 is 2.67 bits per heavy atom. The van der Waals surface area contributed by atoms with Crippen LogP contribution in [0.15, 0.2) is 0 Å². The number of hydrogen-bond acceptors (Lipinski definition) is 3. The van der Waals surface area contributed by atoms with Crippen LogP contribution in [0.2, 0.25) is 0 Å². The minimum Gasteiger partial charge on any atom is -0.376 e. The first kappa shape index (κ1) is 12.5. The van der Waals surface area contributed by atoms with Crippen LogP contribution >= 0.6 is 0 Å². The van der Waals surface area contributed by atoms with Crippen LogP contribution in [0.3, 0.4) is 0 Å². The molecule has 15 heavy (non-hydrogen) atoms. The zero-order valence-corrected chi connectivity index (χ0v) is 9.95. The van der Waals surface area contributed by atoms with Crippen LogP contribution in [0.5, 0.6) is 0 Å². The molecule has 1 atom stereocenters. The van der Waals surface area contributed by atoms with Crippen LogP contribution in [0.1, 0.15) is 33.1 Å². The van der Waals surface area contributed by atoms with E-state index in [0.717, 1.165) is 19.4 Å². The van der Waals surface area contributed by atoms with Crippen molar-refractivity contribution in [2.24, 2.45) is 5.73 Å². The highest BCUT2D eigenvalue weighted by atomic mass is 16.5. The lowest BCUT2D eigenvalue weighted by molar-refractivity contribution is -0.136. The third-order valence-electron chi connectivity index (χ3n) is 2.65. The van der Waals surface area contributed by atoms with Gasteiger partial charge in [-0.2, -0.15) is 0 Å². The molecule has 0 radical (unpaired) electrons. The van der Waals surface area contributed by atoms with E-state index in [-0.39, 0.29) is 12.0 Å². The van der Waals surface area contributed by atoms with E-state index in [4.69, 9.17) is 10.5 Å². The molecule has 0 aromatic rings. The van der Waals surface area contributed by atoms with Crippen molar-refractivity contribution in [1.82, 2.24) is 4.90 Å². The summed E-state index contributed by atoms with van der Waals surface area (Å²) in [6.07, 6.45) is 3.56. The van der Waals surface area contributed by atoms with Gasteiger partial charge in [-0.1, -0.05) is 0 Å². The smallest absolute Gasteiger partial charge is 0.241 e. The molecule has 88 valence electrons. The maximum atomic E-state index is 11.8. The fourth-order valence-corrected chi connectivity index (χ4v) is 1.83. The van der Waals surface area contributed by atoms with Crippen LogP contribution in [-0.4, -0.2) is 42.6 Å². The molecule has 4 heteroatoms. The van der Waals surface area contributed by atoms with E-state index in [1.165, 1.54) is 6.42 Å². The third-order valence-corrected chi connectivity index (χ3v) is 2.65. The summed E-state index contributed by atoms with van der Waals surface area (Å²) in [5.41, 5.74) is 4.96. The minimum atomic E-state index is -0.788. The quantitative estimate of drug-likeness (QED) is 0.754. The van der Waals surface area contributed by atoms with Gasteiger partial charge >= 0.3 is 0 Å². The largest absolute Gasteiger partial charge is 0.376 e. The number of nitrogens with two attached hydrogens (primary N) is 1. The van der Waals surface area contributed by atoms with Crippen molar-refractivity contribution in [3.05, 3.63) is 0 Å². The molecule has 1 aliphatic heterocycles. The zero-order valence-electron chi connectivity index (χ0n) is 9.95. The summed E-state index contributed by atoms with van der Waals surface area (Å²) in [4.78, 5) is 13.5. The number of likely N-dealkylation sites (N-methyl/N-ethyl adjacent to an activating group) is 1. The normalized spacial score (nSPS) is 22.5. The number of rotatable bonds is 3. The van der Waals surface area contributed by atoms with Gasteiger partial charge in [-0.05, 0) is 33.1 Å². The SMILES string of the molecule is CN(CC1CCCCO1)C(=O)C(C)(C)N. The summed E-state index contributed by atoms with van der Waals surface area (Å²) in [6, 6.07) is 0. The topological polar surface area (TPSA) is 55.6 Å². The van der Waals surface area contributed by atoms with E-state index < -0.39 is 5.54 Å². The summed E-state index contributed by atoms with van der Waals surface area (Å²) >= 11 is 0. The van der Waals surface area contributed by atoms with Gasteiger partial charge in [0.2, 0.25) is 5.91 Å². The molecule has 0 aliphatic carbocycles. The standard InChI is InChI=1S/C11H22N2O2/c1-11(2,12)10(14)13(3)8-9-6-4-5-7-15-9/h9H,4-8,12H2,1-3H3. The molecule has 1 amide bonds. The molecule has 0 spiro atoms. The molecule has 1 fully saturated rings. The van der Waals surface area contributed by atoms with E-state index in [0.29, 0.717) is 6.54 Å². The second kappa shape index (κ2) is 4.94. The van der Waals surface area contributed by atoms with Crippen LogP contribution in [0.4, 0.5) is 0 Å². The molecular weight excluding hydrogens is 192 g/mol. The fraction of sp³-hybridized carbons (Fsp3) is 0.909. The van der Waals surface area contributed by atoms with Crippen molar-refractivity contribution in [2.45, 2.75) is 44.8 Å². The van der Waals surface area contributed by atoms with Crippen LogP contribution in [-0.2, 0) is 9.53 Å². The Morgan fingerprint density at radius 2 is 2.20 bits per heavy atom. The lowest BCUT2D eigenvalue weighted by Gasteiger charge is -2.31. The zero-order chi connectivity index (χ0) is 11.5. The second-order valence-corrected chi connectivity index (χ2v) is 4.90. The average molecular weight is 214 g/mol. The average Bonchev–Trinajstić information content (AvgIpc) is 2.16. The summed E-state index contributed by atoms with van der Waals surface area (Å²) in [5, 5.41) is 0. The maximum Gasteiger partial charge on any atom is 0.241 e. The number of nitrogens with zero attached hydrogens (tertiary/aromatic N) is 1. The van der Waals surface area contributed by atoms with Gasteiger partial charge in [0.15, 0.2) is 0 Å². The van der Waals surface area contributed by atoms with Gasteiger partial charge in [0.05, 0.1) is 11.6 Å². The molecule has 1 unspecified atom stereocenters. The predicted octanol–water partition coefficient (Wildman–Crippen LogP) is 0.751. The van der Waals surface area contributed by atoms with Crippen molar-refractivity contribution in [3.63, 3.8) is 0 Å². The Bertz CT molecular complexity index is 217. The van der Waals surface area contributed by atoms with Gasteiger partial charge in [0, 0.05) is 20.2 Å². The molecule has 0 aromatic carbocycles. The Labute approximate surface area is 91.8 Å². The molecule has 1 aliphatic rings. The van der Waals surface area contributed by atoms with Crippen LogP contribution in [0, 0.1) is 0 Å². The first-order valence-electron chi connectivity index (χ1n) is 5.57. The van der Waals surface area contributed by atoms with Crippen molar-refractivity contribution in [1.29, 1.82) is 0 Å². The fourth-order valence-electron chi connectivity index (χ4n) is 1.83. The van der Waals surface area contributed by atoms with Gasteiger partial charge in [-0.15, -0.1) is 0 Å². The molecule has 1 heterocycles. The summed E-state index contributed by atoms with van der Waals surface area (Å²) < 4.78 is 5.58. The Balaban J connectivity index is 2.40. The molecular formula is C11H22N2O2. The molecule has 4 nitrogen and oxygen atoms in total. The molecule has 0 saturated carbocycles. The van der Waals surface area contributed by atoms with Gasteiger partial charge < -0.3 is 15.4 Å². The lowest BCUT2D eigenvalue weighted by atomic mass is 10.0.